The van der Waals surface area contributed by atoms with Crippen molar-refractivity contribution in [1.82, 2.24) is 0 Å². The van der Waals surface area contributed by atoms with Crippen LogP contribution in [0.1, 0.15) is 26.0 Å². The zero-order chi connectivity index (χ0) is 9.69. The van der Waals surface area contributed by atoms with Crippen molar-refractivity contribution >= 4 is 15.9 Å². The van der Waals surface area contributed by atoms with Crippen LogP contribution in [0.5, 0.6) is 0 Å². The third kappa shape index (κ3) is 1.17. The van der Waals surface area contributed by atoms with Gasteiger partial charge < -0.3 is 10.2 Å². The maximum atomic E-state index is 5.81. The molecule has 0 radical (unpaired) electrons. The normalized spacial score (nSPS) is 30.5. The van der Waals surface area contributed by atoms with Gasteiger partial charge in [0.05, 0.1) is 4.47 Å². The Labute approximate surface area is 86.6 Å². The standard InChI is InChI=1S/C10H14BrNO/c1-9(2)5-10(9,6-12)8-3-7(11)4-13-8/h3-4H,5-6,12H2,1-2H3. The van der Waals surface area contributed by atoms with E-state index < -0.39 is 0 Å². The first-order valence-corrected chi connectivity index (χ1v) is 5.26. The molecule has 0 aliphatic heterocycles. The van der Waals surface area contributed by atoms with Gasteiger partial charge in [-0.2, -0.15) is 0 Å². The second-order valence-electron chi connectivity index (χ2n) is 4.48. The fourth-order valence-electron chi connectivity index (χ4n) is 2.14. The van der Waals surface area contributed by atoms with Crippen molar-refractivity contribution in [3.8, 4) is 0 Å². The first-order valence-electron chi connectivity index (χ1n) is 4.46. The molecule has 3 heteroatoms. The van der Waals surface area contributed by atoms with Gasteiger partial charge in [0.15, 0.2) is 0 Å². The van der Waals surface area contributed by atoms with Gasteiger partial charge in [-0.1, -0.05) is 13.8 Å². The molecule has 1 aromatic heterocycles. The van der Waals surface area contributed by atoms with Crippen LogP contribution >= 0.6 is 15.9 Å². The van der Waals surface area contributed by atoms with Crippen LogP contribution in [0.3, 0.4) is 0 Å². The molecule has 0 saturated heterocycles. The maximum absolute atomic E-state index is 5.81. The second kappa shape index (κ2) is 2.61. The molecular weight excluding hydrogens is 230 g/mol. The molecule has 0 amide bonds. The van der Waals surface area contributed by atoms with Crippen molar-refractivity contribution in [3.63, 3.8) is 0 Å². The van der Waals surface area contributed by atoms with E-state index in [1.807, 2.05) is 6.07 Å². The molecule has 1 fully saturated rings. The van der Waals surface area contributed by atoms with Gasteiger partial charge in [0.1, 0.15) is 12.0 Å². The summed E-state index contributed by atoms with van der Waals surface area (Å²) in [7, 11) is 0. The van der Waals surface area contributed by atoms with Gasteiger partial charge in [0.25, 0.3) is 0 Å². The Balaban J connectivity index is 2.35. The molecule has 0 bridgehead atoms. The Morgan fingerprint density at radius 2 is 2.23 bits per heavy atom. The van der Waals surface area contributed by atoms with E-state index in [0.29, 0.717) is 12.0 Å². The lowest BCUT2D eigenvalue weighted by molar-refractivity contribution is 0.397. The van der Waals surface area contributed by atoms with E-state index in [1.165, 1.54) is 0 Å². The highest BCUT2D eigenvalue weighted by atomic mass is 79.9. The van der Waals surface area contributed by atoms with Gasteiger partial charge in [-0.05, 0) is 33.8 Å². The lowest BCUT2D eigenvalue weighted by atomic mass is 9.93. The van der Waals surface area contributed by atoms with E-state index in [1.54, 1.807) is 6.26 Å². The number of furan rings is 1. The monoisotopic (exact) mass is 243 g/mol. The molecular formula is C10H14BrNO. The van der Waals surface area contributed by atoms with Gasteiger partial charge in [0, 0.05) is 12.0 Å². The Morgan fingerprint density at radius 1 is 1.62 bits per heavy atom. The fourth-order valence-corrected chi connectivity index (χ4v) is 2.45. The summed E-state index contributed by atoms with van der Waals surface area (Å²) in [6.45, 7) is 5.13. The largest absolute Gasteiger partial charge is 0.467 e. The SMILES string of the molecule is CC1(C)CC1(CN)c1cc(Br)co1. The zero-order valence-corrected chi connectivity index (χ0v) is 9.52. The van der Waals surface area contributed by atoms with E-state index in [9.17, 15) is 0 Å². The molecule has 0 aromatic carbocycles. The summed E-state index contributed by atoms with van der Waals surface area (Å²) < 4.78 is 6.49. The lowest BCUT2D eigenvalue weighted by Crippen LogP contribution is -2.24. The fraction of sp³-hybridized carbons (Fsp3) is 0.600. The van der Waals surface area contributed by atoms with Gasteiger partial charge in [-0.15, -0.1) is 0 Å². The molecule has 2 nitrogen and oxygen atoms in total. The summed E-state index contributed by atoms with van der Waals surface area (Å²) >= 11 is 3.38. The van der Waals surface area contributed by atoms with Crippen molar-refractivity contribution in [2.24, 2.45) is 11.1 Å². The maximum Gasteiger partial charge on any atom is 0.112 e. The molecule has 1 aliphatic carbocycles. The number of nitrogens with two attached hydrogens (primary N) is 1. The van der Waals surface area contributed by atoms with Crippen LogP contribution in [-0.2, 0) is 5.41 Å². The van der Waals surface area contributed by atoms with Crippen LogP contribution in [0.2, 0.25) is 0 Å². The number of hydrogen-bond donors (Lipinski definition) is 1. The summed E-state index contributed by atoms with van der Waals surface area (Å²) in [5.74, 6) is 1.02. The summed E-state index contributed by atoms with van der Waals surface area (Å²) in [4.78, 5) is 0. The highest BCUT2D eigenvalue weighted by molar-refractivity contribution is 9.10. The molecule has 72 valence electrons. The summed E-state index contributed by atoms with van der Waals surface area (Å²) in [6.07, 6.45) is 2.84. The molecule has 0 spiro atoms. The number of rotatable bonds is 2. The number of halogens is 1. The summed E-state index contributed by atoms with van der Waals surface area (Å²) in [5.41, 5.74) is 6.18. The van der Waals surface area contributed by atoms with Crippen LogP contribution in [0.25, 0.3) is 0 Å². The van der Waals surface area contributed by atoms with Gasteiger partial charge >= 0.3 is 0 Å². The van der Waals surface area contributed by atoms with Crippen LogP contribution in [0, 0.1) is 5.41 Å². The Morgan fingerprint density at radius 3 is 2.54 bits per heavy atom. The van der Waals surface area contributed by atoms with E-state index >= 15 is 0 Å². The predicted molar refractivity (Wildman–Crippen MR) is 55.5 cm³/mol. The molecule has 1 heterocycles. The minimum atomic E-state index is 0.0824. The van der Waals surface area contributed by atoms with E-state index in [4.69, 9.17) is 10.2 Å². The quantitative estimate of drug-likeness (QED) is 0.868. The van der Waals surface area contributed by atoms with Crippen molar-refractivity contribution in [2.75, 3.05) is 6.54 Å². The Hall–Kier alpha value is -0.280. The van der Waals surface area contributed by atoms with Crippen LogP contribution in [0.4, 0.5) is 0 Å². The third-order valence-electron chi connectivity index (χ3n) is 3.30. The first-order chi connectivity index (χ1) is 6.02. The molecule has 1 aromatic rings. The minimum Gasteiger partial charge on any atom is -0.467 e. The molecule has 13 heavy (non-hydrogen) atoms. The van der Waals surface area contributed by atoms with E-state index in [-0.39, 0.29) is 5.41 Å². The Bertz CT molecular complexity index is 331. The topological polar surface area (TPSA) is 39.2 Å². The first kappa shape index (κ1) is 9.28. The predicted octanol–water partition coefficient (Wildman–Crippen LogP) is 2.67. The van der Waals surface area contributed by atoms with E-state index in [0.717, 1.165) is 16.7 Å². The van der Waals surface area contributed by atoms with Gasteiger partial charge in [0.2, 0.25) is 0 Å². The highest BCUT2D eigenvalue weighted by Crippen LogP contribution is 2.63. The van der Waals surface area contributed by atoms with Gasteiger partial charge in [-0.25, -0.2) is 0 Å². The van der Waals surface area contributed by atoms with Gasteiger partial charge in [-0.3, -0.25) is 0 Å². The molecule has 1 saturated carbocycles. The van der Waals surface area contributed by atoms with Crippen LogP contribution in [0.15, 0.2) is 21.2 Å². The molecule has 1 aliphatic rings. The minimum absolute atomic E-state index is 0.0824. The Kier molecular flexibility index (Phi) is 1.86. The van der Waals surface area contributed by atoms with E-state index in [2.05, 4.69) is 29.8 Å². The second-order valence-corrected chi connectivity index (χ2v) is 5.39. The van der Waals surface area contributed by atoms with Crippen molar-refractivity contribution in [1.29, 1.82) is 0 Å². The average molecular weight is 244 g/mol. The highest BCUT2D eigenvalue weighted by Gasteiger charge is 2.63. The number of hydrogen-bond acceptors (Lipinski definition) is 2. The molecule has 2 rings (SSSR count). The lowest BCUT2D eigenvalue weighted by Gasteiger charge is -2.14. The average Bonchev–Trinajstić information content (AvgIpc) is 2.43. The summed E-state index contributed by atoms with van der Waals surface area (Å²) in [6, 6.07) is 2.03. The third-order valence-corrected chi connectivity index (χ3v) is 3.72. The molecule has 2 N–H and O–H groups in total. The zero-order valence-electron chi connectivity index (χ0n) is 7.93. The van der Waals surface area contributed by atoms with Crippen LogP contribution < -0.4 is 5.73 Å². The van der Waals surface area contributed by atoms with Crippen molar-refractivity contribution in [2.45, 2.75) is 25.7 Å². The van der Waals surface area contributed by atoms with Crippen LogP contribution in [-0.4, -0.2) is 6.54 Å². The molecule has 1 unspecified atom stereocenters. The smallest absolute Gasteiger partial charge is 0.112 e. The molecule has 1 atom stereocenters. The summed E-state index contributed by atoms with van der Waals surface area (Å²) in [5, 5.41) is 0. The van der Waals surface area contributed by atoms with Crippen molar-refractivity contribution < 1.29 is 4.42 Å². The van der Waals surface area contributed by atoms with Crippen molar-refractivity contribution in [3.05, 3.63) is 22.6 Å².